The van der Waals surface area contributed by atoms with Crippen LogP contribution in [0.2, 0.25) is 0 Å². The number of rotatable bonds is 7. The molecule has 276 valence electrons. The van der Waals surface area contributed by atoms with E-state index < -0.39 is 0 Å². The van der Waals surface area contributed by atoms with Crippen molar-refractivity contribution in [2.45, 2.75) is 0 Å². The van der Waals surface area contributed by atoms with Crippen molar-refractivity contribution in [2.24, 2.45) is 0 Å². The van der Waals surface area contributed by atoms with Gasteiger partial charge in [-0.05, 0) is 66.7 Å². The van der Waals surface area contributed by atoms with Gasteiger partial charge >= 0.3 is 0 Å². The fraction of sp³-hybridized carbons (Fsp3) is 0. The second-order valence-corrected chi connectivity index (χ2v) is 14.1. The first-order chi connectivity index (χ1) is 29.2. The van der Waals surface area contributed by atoms with Crippen LogP contribution in [0.3, 0.4) is 0 Å². The number of benzene rings is 5. The Morgan fingerprint density at radius 3 is 1.34 bits per heavy atom. The van der Waals surface area contributed by atoms with E-state index in [-0.39, 0.29) is 0 Å². The average molecular weight is 759 g/mol. The Kier molecular flexibility index (Phi) is 8.25. The normalized spacial score (nSPS) is 11.4. The Labute approximate surface area is 337 Å². The predicted octanol–water partition coefficient (Wildman–Crippen LogP) is 11.6. The van der Waals surface area contributed by atoms with Crippen molar-refractivity contribution in [3.63, 3.8) is 0 Å². The van der Waals surface area contributed by atoms with E-state index in [1.165, 1.54) is 0 Å². The molecule has 0 unspecified atom stereocenters. The monoisotopic (exact) mass is 758 g/mol. The fourth-order valence-electron chi connectivity index (χ4n) is 7.29. The van der Waals surface area contributed by atoms with E-state index in [4.69, 9.17) is 39.3 Å². The van der Waals surface area contributed by atoms with Crippen LogP contribution in [0.4, 0.5) is 0 Å². The number of hydrogen-bond donors (Lipinski definition) is 0. The maximum Gasteiger partial charge on any atom is 0.228 e. The van der Waals surface area contributed by atoms with Gasteiger partial charge in [-0.2, -0.15) is 4.98 Å². The zero-order valence-electron chi connectivity index (χ0n) is 31.3. The van der Waals surface area contributed by atoms with Crippen LogP contribution >= 0.6 is 0 Å². The summed E-state index contributed by atoms with van der Waals surface area (Å²) in [5.41, 5.74) is 11.8. The molecule has 0 N–H and O–H groups in total. The van der Waals surface area contributed by atoms with Gasteiger partial charge in [0.05, 0.1) is 33.8 Å². The van der Waals surface area contributed by atoms with Crippen LogP contribution in [-0.2, 0) is 0 Å². The average Bonchev–Trinajstić information content (AvgIpc) is 3.76. The lowest BCUT2D eigenvalue weighted by atomic mass is 9.98. The molecule has 0 saturated carbocycles. The summed E-state index contributed by atoms with van der Waals surface area (Å²) >= 11 is 0. The summed E-state index contributed by atoms with van der Waals surface area (Å²) in [5, 5.41) is 2.01. The van der Waals surface area contributed by atoms with Gasteiger partial charge in [0.15, 0.2) is 22.9 Å². The van der Waals surface area contributed by atoms with E-state index >= 15 is 0 Å². The molecule has 11 aromatic rings. The molecule has 0 aliphatic carbocycles. The first-order valence-corrected chi connectivity index (χ1v) is 19.1. The quantitative estimate of drug-likeness (QED) is 0.156. The number of fused-ring (bicyclic) bond motifs is 3. The molecule has 59 heavy (non-hydrogen) atoms. The van der Waals surface area contributed by atoms with Gasteiger partial charge in [0.2, 0.25) is 5.89 Å². The van der Waals surface area contributed by atoms with Crippen molar-refractivity contribution in [3.8, 4) is 79.3 Å². The van der Waals surface area contributed by atoms with Crippen LogP contribution < -0.4 is 0 Å². The summed E-state index contributed by atoms with van der Waals surface area (Å²) in [6.45, 7) is 0. The Hall–Kier alpha value is -8.30. The van der Waals surface area contributed by atoms with Crippen molar-refractivity contribution in [1.29, 1.82) is 0 Å². The van der Waals surface area contributed by atoms with E-state index in [0.717, 1.165) is 72.1 Å². The highest BCUT2D eigenvalue weighted by Crippen LogP contribution is 2.37. The Morgan fingerprint density at radius 1 is 0.339 bits per heavy atom. The summed E-state index contributed by atoms with van der Waals surface area (Å²) < 4.78 is 6.33. The van der Waals surface area contributed by atoms with Gasteiger partial charge in [-0.25, -0.2) is 24.9 Å². The largest absolute Gasteiger partial charge is 0.434 e. The van der Waals surface area contributed by atoms with Crippen molar-refractivity contribution in [3.05, 3.63) is 182 Å². The number of pyridine rings is 3. The van der Waals surface area contributed by atoms with E-state index in [0.29, 0.717) is 40.2 Å². The lowest BCUT2D eigenvalue weighted by Gasteiger charge is -2.13. The Morgan fingerprint density at radius 2 is 0.814 bits per heavy atom. The third-order valence-corrected chi connectivity index (χ3v) is 10.2. The van der Waals surface area contributed by atoms with Crippen LogP contribution in [0, 0.1) is 0 Å². The molecule has 0 aliphatic heterocycles. The molecule has 9 nitrogen and oxygen atoms in total. The molecule has 0 bridgehead atoms. The topological polar surface area (TPSA) is 116 Å². The third-order valence-electron chi connectivity index (χ3n) is 10.2. The summed E-state index contributed by atoms with van der Waals surface area (Å²) in [6, 6.07) is 54.4. The molecule has 5 aromatic carbocycles. The zero-order chi connectivity index (χ0) is 39.1. The second kappa shape index (κ2) is 14.3. The highest BCUT2D eigenvalue weighted by Gasteiger charge is 2.19. The summed E-state index contributed by atoms with van der Waals surface area (Å²) in [5.74, 6) is 1.53. The molecule has 6 heterocycles. The number of hydrogen-bond acceptors (Lipinski definition) is 9. The fourth-order valence-corrected chi connectivity index (χ4v) is 7.29. The minimum Gasteiger partial charge on any atom is -0.434 e. The van der Waals surface area contributed by atoms with Crippen molar-refractivity contribution in [2.75, 3.05) is 0 Å². The highest BCUT2D eigenvalue weighted by atomic mass is 16.3. The maximum absolute atomic E-state index is 6.33. The maximum atomic E-state index is 6.33. The molecule has 0 atom stereocenters. The molecule has 0 amide bonds. The minimum atomic E-state index is 0.425. The molecule has 9 heteroatoms. The van der Waals surface area contributed by atoms with Crippen LogP contribution in [0.15, 0.2) is 187 Å². The predicted molar refractivity (Wildman–Crippen MR) is 232 cm³/mol. The molecule has 0 spiro atoms. The molecule has 0 aliphatic rings. The molecular weight excluding hydrogens is 729 g/mol. The summed E-state index contributed by atoms with van der Waals surface area (Å²) in [7, 11) is 0. The zero-order valence-corrected chi connectivity index (χ0v) is 31.3. The summed E-state index contributed by atoms with van der Waals surface area (Å²) in [6.07, 6.45) is 5.37. The number of nitrogens with zero attached hydrogens (tertiary/aromatic N) is 8. The SMILES string of the molecule is c1ccc(-c2cc(-c3cc(-c4cc(-c5ccccc5)nc(-c5cnc6ccccc6c5)n4)cc(-c4nc5ncccc5o4)c3)nc(-c3cnc4ccccc4c3)n2)cc1. The standard InChI is InChI=1S/C50H30N8O/c1-3-12-31(13-4-1)42-27-44(56-47(54-42)38-22-33-16-7-9-18-40(33)52-29-38)35-24-36(26-37(25-35)50-58-49-46(59-50)20-11-21-51-49)45-28-43(32-14-5-2-6-15-32)55-48(57-45)39-23-34-17-8-10-19-41(34)53-30-39/h1-30H. The van der Waals surface area contributed by atoms with Crippen LogP contribution in [0.1, 0.15) is 0 Å². The van der Waals surface area contributed by atoms with Gasteiger partial charge in [0.25, 0.3) is 0 Å². The van der Waals surface area contributed by atoms with Gasteiger partial charge in [0.1, 0.15) is 0 Å². The molecule has 0 radical (unpaired) electrons. The van der Waals surface area contributed by atoms with Gasteiger partial charge in [-0.3, -0.25) is 9.97 Å². The van der Waals surface area contributed by atoms with E-state index in [9.17, 15) is 0 Å². The van der Waals surface area contributed by atoms with E-state index in [1.54, 1.807) is 6.20 Å². The van der Waals surface area contributed by atoms with Crippen LogP contribution in [0.25, 0.3) is 112 Å². The number of oxazole rings is 1. The smallest absolute Gasteiger partial charge is 0.228 e. The highest BCUT2D eigenvalue weighted by molar-refractivity contribution is 5.86. The Bertz CT molecular complexity index is 3130. The van der Waals surface area contributed by atoms with Gasteiger partial charge in [-0.15, -0.1) is 0 Å². The van der Waals surface area contributed by atoms with E-state index in [2.05, 4.69) is 47.4 Å². The molecule has 0 fully saturated rings. The molecule has 11 rings (SSSR count). The first kappa shape index (κ1) is 34.0. The van der Waals surface area contributed by atoms with Crippen molar-refractivity contribution in [1.82, 2.24) is 39.9 Å². The Balaban J connectivity index is 1.15. The molecular formula is C50H30N8O. The summed E-state index contributed by atoms with van der Waals surface area (Å²) in [4.78, 5) is 39.4. The first-order valence-electron chi connectivity index (χ1n) is 19.1. The van der Waals surface area contributed by atoms with Crippen molar-refractivity contribution < 1.29 is 4.42 Å². The van der Waals surface area contributed by atoms with Gasteiger partial charge in [-0.1, -0.05) is 97.1 Å². The van der Waals surface area contributed by atoms with Gasteiger partial charge in [0, 0.05) is 68.3 Å². The van der Waals surface area contributed by atoms with Crippen LogP contribution in [-0.4, -0.2) is 39.9 Å². The second-order valence-electron chi connectivity index (χ2n) is 14.1. The molecule has 0 saturated heterocycles. The third kappa shape index (κ3) is 6.62. The van der Waals surface area contributed by atoms with Crippen LogP contribution in [0.5, 0.6) is 0 Å². The van der Waals surface area contributed by atoms with Crippen molar-refractivity contribution >= 4 is 33.0 Å². The van der Waals surface area contributed by atoms with E-state index in [1.807, 2.05) is 134 Å². The lowest BCUT2D eigenvalue weighted by Crippen LogP contribution is -1.99. The van der Waals surface area contributed by atoms with Gasteiger partial charge < -0.3 is 4.42 Å². The number of aromatic nitrogens is 8. The lowest BCUT2D eigenvalue weighted by molar-refractivity contribution is 0.619. The molecule has 6 aromatic heterocycles. The number of para-hydroxylation sites is 2. The minimum absolute atomic E-state index is 0.425.